The van der Waals surface area contributed by atoms with Gasteiger partial charge in [0.05, 0.1) is 5.92 Å². The second-order valence-corrected chi connectivity index (χ2v) is 6.07. The summed E-state index contributed by atoms with van der Waals surface area (Å²) in [6, 6.07) is -0.818. The Bertz CT molecular complexity index is 417. The molecule has 0 bridgehead atoms. The molecule has 1 saturated carbocycles. The molecule has 0 heterocycles. The lowest BCUT2D eigenvalue weighted by Gasteiger charge is -2.29. The Morgan fingerprint density at radius 2 is 1.78 bits per heavy atom. The topological polar surface area (TPSA) is 116 Å². The van der Waals surface area contributed by atoms with Crippen LogP contribution in [0.25, 0.3) is 0 Å². The van der Waals surface area contributed by atoms with E-state index in [0.29, 0.717) is 32.1 Å². The van der Waals surface area contributed by atoms with Gasteiger partial charge in [0, 0.05) is 13.3 Å². The van der Waals surface area contributed by atoms with Gasteiger partial charge in [0.1, 0.15) is 6.04 Å². The van der Waals surface area contributed by atoms with Crippen molar-refractivity contribution in [3.63, 3.8) is 0 Å². The molecule has 0 radical (unpaired) electrons. The molecule has 1 fully saturated rings. The van der Waals surface area contributed by atoms with Gasteiger partial charge in [-0.25, -0.2) is 0 Å². The van der Waals surface area contributed by atoms with E-state index in [0.717, 1.165) is 12.8 Å². The maximum absolute atomic E-state index is 12.0. The predicted octanol–water partition coefficient (Wildman–Crippen LogP) is 1.83. The van der Waals surface area contributed by atoms with Crippen LogP contribution in [0.4, 0.5) is 0 Å². The lowest BCUT2D eigenvalue weighted by atomic mass is 9.79. The van der Waals surface area contributed by atoms with Crippen LogP contribution >= 0.6 is 0 Å². The minimum atomic E-state index is -0.965. The van der Waals surface area contributed by atoms with E-state index in [1.54, 1.807) is 0 Å². The number of rotatable bonds is 8. The molecule has 0 saturated heterocycles. The molecule has 132 valence electrons. The number of nitrogens with two attached hydrogens (primary N) is 1. The number of aliphatic carboxylic acids is 1. The Balaban J connectivity index is 2.36. The SMILES string of the molecule is CCCCC(=O)OC(C)OC(=O)C(N)[C@H]1CC[C@H](C(=O)O)CC1. The Morgan fingerprint density at radius 1 is 1.17 bits per heavy atom. The van der Waals surface area contributed by atoms with Gasteiger partial charge in [0.15, 0.2) is 0 Å². The summed E-state index contributed by atoms with van der Waals surface area (Å²) in [7, 11) is 0. The minimum absolute atomic E-state index is 0.0962. The van der Waals surface area contributed by atoms with Crippen molar-refractivity contribution < 1.29 is 29.0 Å². The molecular formula is C16H27NO6. The molecule has 0 aliphatic heterocycles. The molecule has 23 heavy (non-hydrogen) atoms. The Labute approximate surface area is 136 Å². The first-order valence-electron chi connectivity index (χ1n) is 8.23. The largest absolute Gasteiger partial charge is 0.481 e. The second kappa shape index (κ2) is 9.50. The number of carboxylic acids is 1. The highest BCUT2D eigenvalue weighted by Gasteiger charge is 2.33. The Kier molecular flexibility index (Phi) is 8.02. The summed E-state index contributed by atoms with van der Waals surface area (Å²) in [5, 5.41) is 8.97. The lowest BCUT2D eigenvalue weighted by Crippen LogP contribution is -2.43. The highest BCUT2D eigenvalue weighted by Crippen LogP contribution is 2.30. The lowest BCUT2D eigenvalue weighted by molar-refractivity contribution is -0.186. The van der Waals surface area contributed by atoms with E-state index in [9.17, 15) is 14.4 Å². The number of ether oxygens (including phenoxy) is 2. The van der Waals surface area contributed by atoms with E-state index in [2.05, 4.69) is 0 Å². The Hall–Kier alpha value is -1.63. The summed E-state index contributed by atoms with van der Waals surface area (Å²) in [5.41, 5.74) is 5.91. The maximum Gasteiger partial charge on any atom is 0.326 e. The first-order chi connectivity index (χ1) is 10.8. The van der Waals surface area contributed by atoms with Gasteiger partial charge in [-0.05, 0) is 38.0 Å². The number of esters is 2. The van der Waals surface area contributed by atoms with Crippen LogP contribution in [-0.4, -0.2) is 35.3 Å². The summed E-state index contributed by atoms with van der Waals surface area (Å²) >= 11 is 0. The summed E-state index contributed by atoms with van der Waals surface area (Å²) in [6.45, 7) is 3.45. The number of carbonyl (C=O) groups excluding carboxylic acids is 2. The zero-order valence-corrected chi connectivity index (χ0v) is 13.8. The van der Waals surface area contributed by atoms with Crippen molar-refractivity contribution in [1.29, 1.82) is 0 Å². The number of unbranched alkanes of at least 4 members (excludes halogenated alkanes) is 1. The molecule has 0 aromatic heterocycles. The molecule has 2 unspecified atom stereocenters. The first-order valence-corrected chi connectivity index (χ1v) is 8.23. The van der Waals surface area contributed by atoms with Gasteiger partial charge in [-0.2, -0.15) is 0 Å². The summed E-state index contributed by atoms with van der Waals surface area (Å²) in [4.78, 5) is 34.4. The second-order valence-electron chi connectivity index (χ2n) is 6.07. The molecule has 1 aliphatic carbocycles. The van der Waals surface area contributed by atoms with E-state index in [4.69, 9.17) is 20.3 Å². The third-order valence-electron chi connectivity index (χ3n) is 4.22. The van der Waals surface area contributed by atoms with Gasteiger partial charge in [-0.1, -0.05) is 13.3 Å². The van der Waals surface area contributed by atoms with Gasteiger partial charge in [0.2, 0.25) is 6.29 Å². The quantitative estimate of drug-likeness (QED) is 0.515. The zero-order chi connectivity index (χ0) is 17.4. The molecule has 1 rings (SSSR count). The third-order valence-corrected chi connectivity index (χ3v) is 4.22. The predicted molar refractivity (Wildman–Crippen MR) is 82.2 cm³/mol. The first kappa shape index (κ1) is 19.4. The fourth-order valence-electron chi connectivity index (χ4n) is 2.75. The number of carbonyl (C=O) groups is 3. The molecule has 0 amide bonds. The van der Waals surface area contributed by atoms with Crippen LogP contribution in [0.2, 0.25) is 0 Å². The number of hydrogen-bond donors (Lipinski definition) is 2. The van der Waals surface area contributed by atoms with E-state index in [1.165, 1.54) is 6.92 Å². The summed E-state index contributed by atoms with van der Waals surface area (Å²) in [6.07, 6.45) is 3.14. The van der Waals surface area contributed by atoms with Crippen molar-refractivity contribution in [2.75, 3.05) is 0 Å². The zero-order valence-electron chi connectivity index (χ0n) is 13.8. The van der Waals surface area contributed by atoms with Gasteiger partial charge in [0.25, 0.3) is 0 Å². The molecule has 3 N–H and O–H groups in total. The summed E-state index contributed by atoms with van der Waals surface area (Å²) < 4.78 is 10.1. The van der Waals surface area contributed by atoms with Crippen molar-refractivity contribution in [2.24, 2.45) is 17.6 Å². The molecule has 7 heteroatoms. The average Bonchev–Trinajstić information content (AvgIpc) is 2.51. The monoisotopic (exact) mass is 329 g/mol. The Morgan fingerprint density at radius 3 is 2.30 bits per heavy atom. The van der Waals surface area contributed by atoms with Crippen LogP contribution < -0.4 is 5.73 Å². The molecule has 1 aliphatic rings. The molecule has 0 aromatic carbocycles. The van der Waals surface area contributed by atoms with E-state index in [1.807, 2.05) is 6.92 Å². The molecule has 0 spiro atoms. The molecular weight excluding hydrogens is 302 g/mol. The van der Waals surface area contributed by atoms with Crippen LogP contribution in [0.5, 0.6) is 0 Å². The van der Waals surface area contributed by atoms with Crippen molar-refractivity contribution in [1.82, 2.24) is 0 Å². The summed E-state index contributed by atoms with van der Waals surface area (Å²) in [5.74, 6) is -2.26. The van der Waals surface area contributed by atoms with Crippen molar-refractivity contribution in [2.45, 2.75) is 71.1 Å². The smallest absolute Gasteiger partial charge is 0.326 e. The normalized spacial score (nSPS) is 23.6. The molecule has 0 aromatic rings. The highest BCUT2D eigenvalue weighted by atomic mass is 16.7. The minimum Gasteiger partial charge on any atom is -0.481 e. The van der Waals surface area contributed by atoms with E-state index >= 15 is 0 Å². The number of carboxylic acid groups (broad SMARTS) is 1. The van der Waals surface area contributed by atoms with Crippen molar-refractivity contribution >= 4 is 17.9 Å². The highest BCUT2D eigenvalue weighted by molar-refractivity contribution is 5.76. The average molecular weight is 329 g/mol. The molecule has 2 atom stereocenters. The third kappa shape index (κ3) is 6.56. The number of hydrogen-bond acceptors (Lipinski definition) is 6. The standard InChI is InChI=1S/C16H27NO6/c1-3-4-5-13(18)22-10(2)23-16(21)14(17)11-6-8-12(9-7-11)15(19)20/h10-12,14H,3-9,17H2,1-2H3,(H,19,20)/t10?,11-,12-,14?. The van der Waals surface area contributed by atoms with Crippen molar-refractivity contribution in [3.8, 4) is 0 Å². The maximum atomic E-state index is 12.0. The van der Waals surface area contributed by atoms with Gasteiger partial charge in [-0.3, -0.25) is 14.4 Å². The van der Waals surface area contributed by atoms with E-state index < -0.39 is 30.2 Å². The van der Waals surface area contributed by atoms with Gasteiger partial charge >= 0.3 is 17.9 Å². The van der Waals surface area contributed by atoms with Crippen LogP contribution in [0.1, 0.15) is 58.8 Å². The van der Waals surface area contributed by atoms with Crippen molar-refractivity contribution in [3.05, 3.63) is 0 Å². The van der Waals surface area contributed by atoms with Gasteiger partial charge in [-0.15, -0.1) is 0 Å². The fourth-order valence-corrected chi connectivity index (χ4v) is 2.75. The van der Waals surface area contributed by atoms with Gasteiger partial charge < -0.3 is 20.3 Å². The van der Waals surface area contributed by atoms with E-state index in [-0.39, 0.29) is 11.8 Å². The van der Waals surface area contributed by atoms with Crippen LogP contribution in [0.3, 0.4) is 0 Å². The van der Waals surface area contributed by atoms with Crippen LogP contribution in [-0.2, 0) is 23.9 Å². The fraction of sp³-hybridized carbons (Fsp3) is 0.812. The van der Waals surface area contributed by atoms with Crippen LogP contribution in [0.15, 0.2) is 0 Å². The molecule has 7 nitrogen and oxygen atoms in total. The van der Waals surface area contributed by atoms with Crippen LogP contribution in [0, 0.1) is 11.8 Å².